The number of fused-ring (bicyclic) bond motifs is 1. The summed E-state index contributed by atoms with van der Waals surface area (Å²) in [4.78, 5) is 26.6. The Morgan fingerprint density at radius 2 is 2.22 bits per heavy atom. The van der Waals surface area contributed by atoms with Crippen molar-refractivity contribution >= 4 is 17.5 Å². The van der Waals surface area contributed by atoms with E-state index in [0.29, 0.717) is 31.0 Å². The minimum absolute atomic E-state index is 0.184. The molecule has 2 aliphatic heterocycles. The monoisotopic (exact) mass is 370 g/mol. The molecule has 0 saturated carbocycles. The predicted octanol–water partition coefficient (Wildman–Crippen LogP) is 2.27. The third-order valence-electron chi connectivity index (χ3n) is 5.15. The first-order valence-electron chi connectivity index (χ1n) is 9.21. The second kappa shape index (κ2) is 7.44. The minimum Gasteiger partial charge on any atom is -0.493 e. The molecule has 7 heteroatoms. The fourth-order valence-corrected chi connectivity index (χ4v) is 3.78. The maximum Gasteiger partial charge on any atom is 0.313 e. The molecule has 0 bridgehead atoms. The first kappa shape index (κ1) is 17.6. The van der Waals surface area contributed by atoms with Crippen molar-refractivity contribution in [2.24, 2.45) is 0 Å². The Morgan fingerprint density at radius 1 is 1.33 bits per heavy atom. The van der Waals surface area contributed by atoms with Gasteiger partial charge >= 0.3 is 11.8 Å². The number of aliphatic hydroxyl groups is 1. The normalized spacial score (nSPS) is 19.4. The number of hydrogen-bond acceptors (Lipinski definition) is 5. The number of anilines is 1. The summed E-state index contributed by atoms with van der Waals surface area (Å²) in [6, 6.07) is 8.62. The van der Waals surface area contributed by atoms with E-state index in [1.807, 2.05) is 6.07 Å². The summed E-state index contributed by atoms with van der Waals surface area (Å²) in [5.41, 5.74) is 1.62. The molecular formula is C20H22N2O5. The standard InChI is InChI=1S/C20H22N2O5/c23-16(18-4-2-9-26-18)12-15-3-1-8-22(15)20(25)19(24)21-14-5-6-17-13(11-14)7-10-27-17/h2,4-6,9,11,15-16,23H,1,3,7-8,10,12H2,(H,21,24). The Kier molecular flexibility index (Phi) is 4.85. The molecule has 27 heavy (non-hydrogen) atoms. The van der Waals surface area contributed by atoms with Crippen molar-refractivity contribution < 1.29 is 23.8 Å². The number of nitrogens with one attached hydrogen (secondary N) is 1. The van der Waals surface area contributed by atoms with Gasteiger partial charge in [-0.3, -0.25) is 9.59 Å². The molecule has 142 valence electrons. The van der Waals surface area contributed by atoms with Crippen LogP contribution in [0.4, 0.5) is 5.69 Å². The molecule has 2 N–H and O–H groups in total. The molecule has 3 heterocycles. The fraction of sp³-hybridized carbons (Fsp3) is 0.400. The zero-order chi connectivity index (χ0) is 18.8. The molecule has 1 saturated heterocycles. The van der Waals surface area contributed by atoms with Crippen LogP contribution < -0.4 is 10.1 Å². The molecule has 2 atom stereocenters. The van der Waals surface area contributed by atoms with Crippen LogP contribution in [-0.2, 0) is 16.0 Å². The largest absolute Gasteiger partial charge is 0.493 e. The number of hydrogen-bond donors (Lipinski definition) is 2. The van der Waals surface area contributed by atoms with E-state index in [1.54, 1.807) is 29.2 Å². The number of benzene rings is 1. The van der Waals surface area contributed by atoms with Crippen LogP contribution in [0.1, 0.15) is 36.7 Å². The van der Waals surface area contributed by atoms with Gasteiger partial charge in [0.25, 0.3) is 0 Å². The van der Waals surface area contributed by atoms with Crippen LogP contribution in [0.15, 0.2) is 41.0 Å². The summed E-state index contributed by atoms with van der Waals surface area (Å²) < 4.78 is 10.7. The van der Waals surface area contributed by atoms with Crippen molar-refractivity contribution in [3.05, 3.63) is 47.9 Å². The van der Waals surface area contributed by atoms with E-state index in [4.69, 9.17) is 9.15 Å². The average Bonchev–Trinajstić information content (AvgIpc) is 3.41. The topological polar surface area (TPSA) is 92.0 Å². The molecule has 2 aliphatic rings. The van der Waals surface area contributed by atoms with Gasteiger partial charge in [0.2, 0.25) is 0 Å². The number of carbonyl (C=O) groups excluding carboxylic acids is 2. The van der Waals surface area contributed by atoms with Crippen LogP contribution in [0, 0.1) is 0 Å². The Labute approximate surface area is 156 Å². The van der Waals surface area contributed by atoms with E-state index in [9.17, 15) is 14.7 Å². The Morgan fingerprint density at radius 3 is 3.04 bits per heavy atom. The van der Waals surface area contributed by atoms with Crippen LogP contribution in [0.2, 0.25) is 0 Å². The number of carbonyl (C=O) groups is 2. The van der Waals surface area contributed by atoms with Crippen LogP contribution in [-0.4, -0.2) is 41.0 Å². The van der Waals surface area contributed by atoms with Gasteiger partial charge < -0.3 is 24.5 Å². The molecule has 1 aromatic carbocycles. The molecule has 0 aliphatic carbocycles. The van der Waals surface area contributed by atoms with Gasteiger partial charge in [-0.2, -0.15) is 0 Å². The van der Waals surface area contributed by atoms with Crippen molar-refractivity contribution in [3.63, 3.8) is 0 Å². The van der Waals surface area contributed by atoms with Gasteiger partial charge in [0.1, 0.15) is 17.6 Å². The molecule has 1 fully saturated rings. The first-order valence-corrected chi connectivity index (χ1v) is 9.21. The second-order valence-corrected chi connectivity index (χ2v) is 6.94. The van der Waals surface area contributed by atoms with E-state index < -0.39 is 17.9 Å². The maximum atomic E-state index is 12.6. The van der Waals surface area contributed by atoms with Gasteiger partial charge in [0.15, 0.2) is 0 Å². The third-order valence-corrected chi connectivity index (χ3v) is 5.15. The first-order chi connectivity index (χ1) is 13.1. The van der Waals surface area contributed by atoms with E-state index in [1.165, 1.54) is 6.26 Å². The Balaban J connectivity index is 1.39. The molecule has 2 aromatic rings. The zero-order valence-electron chi connectivity index (χ0n) is 14.9. The lowest BCUT2D eigenvalue weighted by Crippen LogP contribution is -2.43. The van der Waals surface area contributed by atoms with Gasteiger partial charge in [-0.05, 0) is 48.7 Å². The van der Waals surface area contributed by atoms with Crippen LogP contribution in [0.3, 0.4) is 0 Å². The van der Waals surface area contributed by atoms with E-state index in [0.717, 1.165) is 30.6 Å². The number of ether oxygens (including phenoxy) is 1. The highest BCUT2D eigenvalue weighted by atomic mass is 16.5. The highest BCUT2D eigenvalue weighted by molar-refractivity contribution is 6.39. The highest BCUT2D eigenvalue weighted by Crippen LogP contribution is 2.29. The van der Waals surface area contributed by atoms with Gasteiger partial charge in [-0.1, -0.05) is 0 Å². The van der Waals surface area contributed by atoms with Gasteiger partial charge in [0.05, 0.1) is 12.9 Å². The molecule has 4 rings (SSSR count). The smallest absolute Gasteiger partial charge is 0.313 e. The molecule has 7 nitrogen and oxygen atoms in total. The van der Waals surface area contributed by atoms with Crippen LogP contribution in [0.25, 0.3) is 0 Å². The van der Waals surface area contributed by atoms with Crippen molar-refractivity contribution in [3.8, 4) is 5.75 Å². The minimum atomic E-state index is -0.793. The molecular weight excluding hydrogens is 348 g/mol. The quantitative estimate of drug-likeness (QED) is 0.806. The lowest BCUT2D eigenvalue weighted by molar-refractivity contribution is -0.144. The molecule has 1 aromatic heterocycles. The number of nitrogens with zero attached hydrogens (tertiary/aromatic N) is 1. The lowest BCUT2D eigenvalue weighted by Gasteiger charge is -2.25. The zero-order valence-corrected chi connectivity index (χ0v) is 14.9. The van der Waals surface area contributed by atoms with Crippen molar-refractivity contribution in [1.29, 1.82) is 0 Å². The van der Waals surface area contributed by atoms with Crippen LogP contribution in [0.5, 0.6) is 5.75 Å². The molecule has 2 amide bonds. The van der Waals surface area contributed by atoms with Gasteiger partial charge in [0, 0.05) is 31.1 Å². The third kappa shape index (κ3) is 3.68. The molecule has 0 radical (unpaired) electrons. The summed E-state index contributed by atoms with van der Waals surface area (Å²) in [6.45, 7) is 1.15. The number of rotatable bonds is 4. The summed E-state index contributed by atoms with van der Waals surface area (Å²) >= 11 is 0. The highest BCUT2D eigenvalue weighted by Gasteiger charge is 2.34. The lowest BCUT2D eigenvalue weighted by atomic mass is 10.1. The van der Waals surface area contributed by atoms with E-state index >= 15 is 0 Å². The second-order valence-electron chi connectivity index (χ2n) is 6.94. The number of likely N-dealkylation sites (tertiary alicyclic amines) is 1. The number of aliphatic hydroxyl groups excluding tert-OH is 1. The van der Waals surface area contributed by atoms with E-state index in [2.05, 4.69) is 5.32 Å². The average molecular weight is 370 g/mol. The maximum absolute atomic E-state index is 12.6. The summed E-state index contributed by atoms with van der Waals surface area (Å²) in [7, 11) is 0. The summed E-state index contributed by atoms with van der Waals surface area (Å²) in [5, 5.41) is 13.0. The van der Waals surface area contributed by atoms with Crippen molar-refractivity contribution in [2.75, 3.05) is 18.5 Å². The van der Waals surface area contributed by atoms with E-state index in [-0.39, 0.29) is 6.04 Å². The molecule has 0 spiro atoms. The summed E-state index contributed by atoms with van der Waals surface area (Å²) in [6.07, 6.45) is 3.43. The SMILES string of the molecule is O=C(Nc1ccc2c(c1)CCO2)C(=O)N1CCCC1CC(O)c1ccco1. The number of amides is 2. The van der Waals surface area contributed by atoms with Crippen molar-refractivity contribution in [1.82, 2.24) is 4.90 Å². The van der Waals surface area contributed by atoms with Gasteiger partial charge in [-0.15, -0.1) is 0 Å². The van der Waals surface area contributed by atoms with Gasteiger partial charge in [-0.25, -0.2) is 0 Å². The van der Waals surface area contributed by atoms with Crippen LogP contribution >= 0.6 is 0 Å². The summed E-state index contributed by atoms with van der Waals surface area (Å²) in [5.74, 6) is 0.0686. The fourth-order valence-electron chi connectivity index (χ4n) is 3.78. The Hall–Kier alpha value is -2.80. The predicted molar refractivity (Wildman–Crippen MR) is 97.3 cm³/mol. The van der Waals surface area contributed by atoms with Crippen molar-refractivity contribution in [2.45, 2.75) is 37.8 Å². The number of furan rings is 1. The Bertz CT molecular complexity index is 833. The molecule has 2 unspecified atom stereocenters.